The van der Waals surface area contributed by atoms with Crippen LogP contribution in [0.15, 0.2) is 24.5 Å². The Morgan fingerprint density at radius 1 is 1.14 bits per heavy atom. The van der Waals surface area contributed by atoms with Gasteiger partial charge in [-0.05, 0) is 37.1 Å². The third-order valence-electron chi connectivity index (χ3n) is 5.84. The van der Waals surface area contributed by atoms with E-state index >= 15 is 0 Å². The summed E-state index contributed by atoms with van der Waals surface area (Å²) in [7, 11) is 0. The number of aromatic nitrogens is 2. The van der Waals surface area contributed by atoms with Gasteiger partial charge in [0, 0.05) is 16.9 Å². The SMILES string of the molecule is Cc1cc(OC2C(C)(C)C(NC(=O)c3cnc(Cl)cn3)C2(C)C)cc(C)c1C#N. The summed E-state index contributed by atoms with van der Waals surface area (Å²) in [4.78, 5) is 20.6. The Morgan fingerprint density at radius 2 is 1.72 bits per heavy atom. The average molecular weight is 413 g/mol. The van der Waals surface area contributed by atoms with Crippen molar-refractivity contribution in [1.82, 2.24) is 15.3 Å². The van der Waals surface area contributed by atoms with Gasteiger partial charge in [0.15, 0.2) is 0 Å². The molecule has 0 saturated heterocycles. The molecule has 1 heterocycles. The molecule has 0 aliphatic heterocycles. The van der Waals surface area contributed by atoms with Crippen LogP contribution in [0.4, 0.5) is 0 Å². The van der Waals surface area contributed by atoms with E-state index in [1.807, 2.05) is 26.0 Å². The molecule has 1 aromatic carbocycles. The number of ether oxygens (including phenoxy) is 1. The van der Waals surface area contributed by atoms with Gasteiger partial charge < -0.3 is 10.1 Å². The lowest BCUT2D eigenvalue weighted by Crippen LogP contribution is -2.74. The van der Waals surface area contributed by atoms with E-state index in [1.165, 1.54) is 12.4 Å². The van der Waals surface area contributed by atoms with Crippen molar-refractivity contribution in [3.05, 3.63) is 52.1 Å². The number of amides is 1. The van der Waals surface area contributed by atoms with Crippen molar-refractivity contribution in [2.45, 2.75) is 53.7 Å². The summed E-state index contributed by atoms with van der Waals surface area (Å²) in [6.07, 6.45) is 2.60. The molecule has 1 amide bonds. The molecule has 0 unspecified atom stereocenters. The van der Waals surface area contributed by atoms with Crippen molar-refractivity contribution in [2.24, 2.45) is 10.8 Å². The minimum atomic E-state index is -0.311. The Hall–Kier alpha value is -2.65. The van der Waals surface area contributed by atoms with Gasteiger partial charge >= 0.3 is 0 Å². The van der Waals surface area contributed by atoms with Crippen LogP contribution in [0.2, 0.25) is 5.15 Å². The van der Waals surface area contributed by atoms with Gasteiger partial charge in [0.05, 0.1) is 24.0 Å². The first-order chi connectivity index (χ1) is 13.5. The standard InChI is InChI=1S/C22H25ClN4O2/c1-12-7-14(8-13(2)15(12)9-24)29-20-21(3,4)19(22(20,5)6)27-18(28)16-10-26-17(23)11-25-16/h7-8,10-11,19-20H,1-6H3,(H,27,28). The zero-order valence-corrected chi connectivity index (χ0v) is 18.3. The van der Waals surface area contributed by atoms with Crippen molar-refractivity contribution < 1.29 is 9.53 Å². The first-order valence-corrected chi connectivity index (χ1v) is 9.82. The maximum atomic E-state index is 12.6. The number of carbonyl (C=O) groups is 1. The highest BCUT2D eigenvalue weighted by atomic mass is 35.5. The molecule has 7 heteroatoms. The van der Waals surface area contributed by atoms with Gasteiger partial charge in [-0.25, -0.2) is 9.97 Å². The lowest BCUT2D eigenvalue weighted by atomic mass is 9.49. The van der Waals surface area contributed by atoms with Crippen molar-refractivity contribution in [3.8, 4) is 11.8 Å². The van der Waals surface area contributed by atoms with Gasteiger partial charge in [-0.15, -0.1) is 0 Å². The van der Waals surface area contributed by atoms with Crippen LogP contribution in [0, 0.1) is 36.0 Å². The van der Waals surface area contributed by atoms with Crippen LogP contribution in [-0.2, 0) is 0 Å². The van der Waals surface area contributed by atoms with Crippen LogP contribution in [0.3, 0.4) is 0 Å². The van der Waals surface area contributed by atoms with Crippen LogP contribution >= 0.6 is 11.6 Å². The zero-order chi connectivity index (χ0) is 21.6. The number of carbonyl (C=O) groups excluding carboxylic acids is 1. The number of benzene rings is 1. The van der Waals surface area contributed by atoms with E-state index in [0.29, 0.717) is 5.56 Å². The minimum Gasteiger partial charge on any atom is -0.489 e. The van der Waals surface area contributed by atoms with Gasteiger partial charge in [-0.2, -0.15) is 5.26 Å². The monoisotopic (exact) mass is 412 g/mol. The summed E-state index contributed by atoms with van der Waals surface area (Å²) < 4.78 is 6.37. The molecule has 3 rings (SSSR count). The summed E-state index contributed by atoms with van der Waals surface area (Å²) in [6.45, 7) is 12.1. The molecule has 0 atom stereocenters. The average Bonchev–Trinajstić information content (AvgIpc) is 2.64. The predicted octanol–water partition coefficient (Wildman–Crippen LogP) is 4.23. The second-order valence-corrected chi connectivity index (χ2v) is 9.20. The van der Waals surface area contributed by atoms with Crippen molar-refractivity contribution >= 4 is 17.5 Å². The lowest BCUT2D eigenvalue weighted by Gasteiger charge is -2.63. The van der Waals surface area contributed by atoms with Crippen LogP contribution in [0.25, 0.3) is 0 Å². The normalized spacial score (nSPS) is 21.6. The highest BCUT2D eigenvalue weighted by molar-refractivity contribution is 6.29. The Morgan fingerprint density at radius 3 is 2.21 bits per heavy atom. The Kier molecular flexibility index (Phi) is 5.31. The summed E-state index contributed by atoms with van der Waals surface area (Å²) in [5.41, 5.74) is 2.07. The Bertz CT molecular complexity index is 954. The number of nitrogens with zero attached hydrogens (tertiary/aromatic N) is 3. The molecule has 1 aliphatic rings. The molecule has 0 bridgehead atoms. The highest BCUT2D eigenvalue weighted by Crippen LogP contribution is 2.55. The number of hydrogen-bond donors (Lipinski definition) is 1. The van der Waals surface area contributed by atoms with Gasteiger partial charge in [0.2, 0.25) is 0 Å². The van der Waals surface area contributed by atoms with Gasteiger partial charge in [0.25, 0.3) is 5.91 Å². The first-order valence-electron chi connectivity index (χ1n) is 9.45. The first kappa shape index (κ1) is 21.1. The van der Waals surface area contributed by atoms with Crippen molar-refractivity contribution in [1.29, 1.82) is 5.26 Å². The molecule has 1 aromatic heterocycles. The van der Waals surface area contributed by atoms with Gasteiger partial charge in [0.1, 0.15) is 22.7 Å². The molecule has 152 valence electrons. The number of nitriles is 1. The van der Waals surface area contributed by atoms with E-state index in [2.05, 4.69) is 49.0 Å². The van der Waals surface area contributed by atoms with E-state index in [0.717, 1.165) is 16.9 Å². The van der Waals surface area contributed by atoms with E-state index < -0.39 is 0 Å². The molecule has 6 nitrogen and oxygen atoms in total. The molecule has 1 fully saturated rings. The molecule has 1 aliphatic carbocycles. The van der Waals surface area contributed by atoms with E-state index in [1.54, 1.807) is 0 Å². The van der Waals surface area contributed by atoms with Crippen LogP contribution in [0.1, 0.15) is 54.9 Å². The van der Waals surface area contributed by atoms with Crippen molar-refractivity contribution in [2.75, 3.05) is 0 Å². The zero-order valence-electron chi connectivity index (χ0n) is 17.5. The lowest BCUT2D eigenvalue weighted by molar-refractivity contribution is -0.164. The van der Waals surface area contributed by atoms with E-state index in [-0.39, 0.29) is 39.7 Å². The third-order valence-corrected chi connectivity index (χ3v) is 6.04. The number of halogens is 1. The summed E-state index contributed by atoms with van der Waals surface area (Å²) in [5.74, 6) is 0.447. The highest BCUT2D eigenvalue weighted by Gasteiger charge is 2.64. The number of rotatable bonds is 4. The number of aryl methyl sites for hydroxylation is 2. The summed E-state index contributed by atoms with van der Waals surface area (Å²) in [6, 6.07) is 5.90. The molecule has 1 N–H and O–H groups in total. The topological polar surface area (TPSA) is 87.9 Å². The maximum Gasteiger partial charge on any atom is 0.271 e. The molecular weight excluding hydrogens is 388 g/mol. The Labute approximate surface area is 176 Å². The van der Waals surface area contributed by atoms with Crippen LogP contribution in [-0.4, -0.2) is 28.0 Å². The molecule has 0 radical (unpaired) electrons. The molecule has 1 saturated carbocycles. The molecular formula is C22H25ClN4O2. The fraction of sp³-hybridized carbons (Fsp3) is 0.455. The van der Waals surface area contributed by atoms with Crippen molar-refractivity contribution in [3.63, 3.8) is 0 Å². The summed E-state index contributed by atoms with van der Waals surface area (Å²) in [5, 5.41) is 12.6. The summed E-state index contributed by atoms with van der Waals surface area (Å²) >= 11 is 5.75. The molecule has 0 spiro atoms. The quantitative estimate of drug-likeness (QED) is 0.811. The van der Waals surface area contributed by atoms with Crippen LogP contribution < -0.4 is 10.1 Å². The molecule has 2 aromatic rings. The van der Waals surface area contributed by atoms with Crippen LogP contribution in [0.5, 0.6) is 5.75 Å². The predicted molar refractivity (Wildman–Crippen MR) is 111 cm³/mol. The van der Waals surface area contributed by atoms with E-state index in [4.69, 9.17) is 16.3 Å². The van der Waals surface area contributed by atoms with Gasteiger partial charge in [-0.3, -0.25) is 4.79 Å². The van der Waals surface area contributed by atoms with Gasteiger partial charge in [-0.1, -0.05) is 39.3 Å². The second kappa shape index (κ2) is 7.31. The second-order valence-electron chi connectivity index (χ2n) is 8.82. The smallest absolute Gasteiger partial charge is 0.271 e. The minimum absolute atomic E-state index is 0.120. The number of hydrogen-bond acceptors (Lipinski definition) is 5. The fourth-order valence-electron chi connectivity index (χ4n) is 4.74. The number of nitrogens with one attached hydrogen (secondary N) is 1. The van der Waals surface area contributed by atoms with E-state index in [9.17, 15) is 10.1 Å². The largest absolute Gasteiger partial charge is 0.489 e. The molecule has 29 heavy (non-hydrogen) atoms. The third kappa shape index (κ3) is 3.67. The Balaban J connectivity index is 1.79. The fourth-order valence-corrected chi connectivity index (χ4v) is 4.84. The maximum absolute atomic E-state index is 12.6.